The molecule has 0 spiro atoms. The largest absolute Gasteiger partial charge is 0.411 e. The number of carbonyl (C=O) groups excluding carboxylic acids is 1. The first-order chi connectivity index (χ1) is 14.7. The minimum Gasteiger partial charge on any atom is -0.411 e. The monoisotopic (exact) mass is 429 g/mol. The molecule has 0 bridgehead atoms. The van der Waals surface area contributed by atoms with E-state index in [-0.39, 0.29) is 11.2 Å². The van der Waals surface area contributed by atoms with Crippen LogP contribution in [0.4, 0.5) is 0 Å². The van der Waals surface area contributed by atoms with Crippen LogP contribution in [0.15, 0.2) is 5.16 Å². The van der Waals surface area contributed by atoms with Gasteiger partial charge in [0.05, 0.1) is 0 Å². The van der Waals surface area contributed by atoms with Crippen molar-refractivity contribution < 1.29 is 10.0 Å². The molecule has 31 heavy (non-hydrogen) atoms. The van der Waals surface area contributed by atoms with E-state index >= 15 is 0 Å². The number of fused-ring (bicyclic) bond motifs is 5. The maximum absolute atomic E-state index is 12.6. The van der Waals surface area contributed by atoms with Crippen LogP contribution < -0.4 is 0 Å². The van der Waals surface area contributed by atoms with Crippen molar-refractivity contribution in [1.29, 1.82) is 0 Å². The highest BCUT2D eigenvalue weighted by Gasteiger charge is 2.60. The zero-order chi connectivity index (χ0) is 22.4. The van der Waals surface area contributed by atoms with Crippen LogP contribution in [0.25, 0.3) is 0 Å². The summed E-state index contributed by atoms with van der Waals surface area (Å²) in [6.07, 6.45) is 14.6. The summed E-state index contributed by atoms with van der Waals surface area (Å²) >= 11 is 0. The van der Waals surface area contributed by atoms with E-state index in [0.717, 1.165) is 41.9 Å². The summed E-state index contributed by atoms with van der Waals surface area (Å²) in [4.78, 5) is 12.6. The molecule has 4 aliphatic carbocycles. The number of hydrogen-bond donors (Lipinski definition) is 1. The number of oxime groups is 1. The number of ketones is 1. The standard InChI is InChI=1S/C28H47NO2/c1-18(2)7-6-8-19(3)22-11-12-23-21-10-9-20-17-26(30)25(29-31)14-16-27(20,4)24(21)13-15-28(22,23)5/h18-24,31H,6-17H2,1-5H3/b29-25-/t19-,20+,21+,22-,23+,24+,27+,28-/m1/s1. The molecule has 0 unspecified atom stereocenters. The molecule has 0 amide bonds. The molecule has 1 N–H and O–H groups in total. The highest BCUT2D eigenvalue weighted by Crippen LogP contribution is 2.68. The Balaban J connectivity index is 1.50. The van der Waals surface area contributed by atoms with Gasteiger partial charge in [0.1, 0.15) is 5.71 Å². The van der Waals surface area contributed by atoms with Gasteiger partial charge in [-0.3, -0.25) is 4.79 Å². The molecule has 3 nitrogen and oxygen atoms in total. The van der Waals surface area contributed by atoms with E-state index in [0.29, 0.717) is 29.9 Å². The Kier molecular flexibility index (Phi) is 6.63. The molecule has 0 radical (unpaired) electrons. The second-order valence-electron chi connectivity index (χ2n) is 12.9. The number of hydrogen-bond acceptors (Lipinski definition) is 3. The zero-order valence-electron chi connectivity index (χ0n) is 20.8. The molecule has 0 saturated heterocycles. The van der Waals surface area contributed by atoms with E-state index < -0.39 is 0 Å². The highest BCUT2D eigenvalue weighted by atomic mass is 16.4. The van der Waals surface area contributed by atoms with Gasteiger partial charge in [-0.15, -0.1) is 0 Å². The summed E-state index contributed by atoms with van der Waals surface area (Å²) in [6, 6.07) is 0. The minimum absolute atomic E-state index is 0.103. The van der Waals surface area contributed by atoms with E-state index in [2.05, 4.69) is 39.8 Å². The van der Waals surface area contributed by atoms with Gasteiger partial charge >= 0.3 is 0 Å². The predicted molar refractivity (Wildman–Crippen MR) is 127 cm³/mol. The fourth-order valence-corrected chi connectivity index (χ4v) is 9.26. The van der Waals surface area contributed by atoms with E-state index in [1.165, 1.54) is 57.8 Å². The van der Waals surface area contributed by atoms with E-state index in [1.54, 1.807) is 0 Å². The Bertz CT molecular complexity index is 699. The van der Waals surface area contributed by atoms with Crippen LogP contribution >= 0.6 is 0 Å². The maximum Gasteiger partial charge on any atom is 0.180 e. The molecule has 0 aromatic carbocycles. The molecule has 0 aromatic heterocycles. The fraction of sp³-hybridized carbons (Fsp3) is 0.929. The molecule has 4 rings (SSSR count). The van der Waals surface area contributed by atoms with Crippen LogP contribution in [0, 0.1) is 52.3 Å². The Morgan fingerprint density at radius 1 is 0.968 bits per heavy atom. The quantitative estimate of drug-likeness (QED) is 0.363. The molecule has 176 valence electrons. The van der Waals surface area contributed by atoms with Gasteiger partial charge < -0.3 is 5.21 Å². The van der Waals surface area contributed by atoms with E-state index in [4.69, 9.17) is 0 Å². The zero-order valence-corrected chi connectivity index (χ0v) is 20.8. The van der Waals surface area contributed by atoms with Crippen molar-refractivity contribution >= 4 is 11.5 Å². The van der Waals surface area contributed by atoms with E-state index in [1.807, 2.05) is 0 Å². The van der Waals surface area contributed by atoms with Crippen LogP contribution in [0.2, 0.25) is 0 Å². The predicted octanol–water partition coefficient (Wildman–Crippen LogP) is 7.51. The molecule has 4 fully saturated rings. The summed E-state index contributed by atoms with van der Waals surface area (Å²) in [5.41, 5.74) is 1.21. The summed E-state index contributed by atoms with van der Waals surface area (Å²) in [5, 5.41) is 12.7. The van der Waals surface area contributed by atoms with Crippen molar-refractivity contribution in [2.75, 3.05) is 0 Å². The lowest BCUT2D eigenvalue weighted by molar-refractivity contribution is -0.121. The van der Waals surface area contributed by atoms with Gasteiger partial charge in [-0.25, -0.2) is 0 Å². The Hall–Kier alpha value is -0.860. The lowest BCUT2D eigenvalue weighted by atomic mass is 9.46. The molecule has 0 aromatic rings. The lowest BCUT2D eigenvalue weighted by Crippen LogP contribution is -2.52. The van der Waals surface area contributed by atoms with Gasteiger partial charge in [0.25, 0.3) is 0 Å². The van der Waals surface area contributed by atoms with Crippen molar-refractivity contribution in [2.45, 2.75) is 112 Å². The third-order valence-corrected chi connectivity index (χ3v) is 11.0. The molecule has 0 heterocycles. The second-order valence-corrected chi connectivity index (χ2v) is 12.9. The molecule has 4 aliphatic rings. The van der Waals surface area contributed by atoms with Gasteiger partial charge in [0.2, 0.25) is 0 Å². The van der Waals surface area contributed by atoms with Gasteiger partial charge in [-0.2, -0.15) is 0 Å². The van der Waals surface area contributed by atoms with Gasteiger partial charge in [-0.05, 0) is 104 Å². The normalized spacial score (nSPS) is 45.2. The molecule has 4 saturated carbocycles. The minimum atomic E-state index is 0.103. The summed E-state index contributed by atoms with van der Waals surface area (Å²) in [5.74, 6) is 5.65. The van der Waals surface area contributed by atoms with Crippen molar-refractivity contribution in [2.24, 2.45) is 57.4 Å². The SMILES string of the molecule is CC(C)CCC[C@@H](C)[C@H]1CC[C@H]2[C@@H]3CC[C@H]4CC(=O)/C(=N\O)CC[C@]4(C)[C@H]3CC[C@]12C. The number of carbonyl (C=O) groups is 1. The summed E-state index contributed by atoms with van der Waals surface area (Å²) in [7, 11) is 0. The van der Waals surface area contributed by atoms with Crippen LogP contribution in [0.5, 0.6) is 0 Å². The molecule has 8 atom stereocenters. The second kappa shape index (κ2) is 8.82. The van der Waals surface area contributed by atoms with Crippen LogP contribution in [0.3, 0.4) is 0 Å². The molecular formula is C28H47NO2. The third kappa shape index (κ3) is 4.01. The van der Waals surface area contributed by atoms with Gasteiger partial charge in [-0.1, -0.05) is 59.0 Å². The van der Waals surface area contributed by atoms with E-state index in [9.17, 15) is 10.0 Å². The molecule has 3 heteroatoms. The Morgan fingerprint density at radius 2 is 1.71 bits per heavy atom. The average molecular weight is 430 g/mol. The van der Waals surface area contributed by atoms with Gasteiger partial charge in [0, 0.05) is 6.42 Å². The third-order valence-electron chi connectivity index (χ3n) is 11.0. The highest BCUT2D eigenvalue weighted by molar-refractivity contribution is 6.39. The van der Waals surface area contributed by atoms with Crippen molar-refractivity contribution in [3.63, 3.8) is 0 Å². The topological polar surface area (TPSA) is 49.7 Å². The van der Waals surface area contributed by atoms with Crippen molar-refractivity contribution in [1.82, 2.24) is 0 Å². The summed E-state index contributed by atoms with van der Waals surface area (Å²) < 4.78 is 0. The lowest BCUT2D eigenvalue weighted by Gasteiger charge is -2.59. The molecule has 0 aliphatic heterocycles. The van der Waals surface area contributed by atoms with Gasteiger partial charge in [0.15, 0.2) is 5.78 Å². The summed E-state index contributed by atoms with van der Waals surface area (Å²) in [6.45, 7) is 12.4. The van der Waals surface area contributed by atoms with Crippen molar-refractivity contribution in [3.05, 3.63) is 0 Å². The average Bonchev–Trinajstić information content (AvgIpc) is 3.01. The Labute approximate surface area is 190 Å². The Morgan fingerprint density at radius 3 is 2.42 bits per heavy atom. The first kappa shape index (κ1) is 23.3. The van der Waals surface area contributed by atoms with Crippen LogP contribution in [-0.2, 0) is 4.79 Å². The molecular weight excluding hydrogens is 382 g/mol. The first-order valence-corrected chi connectivity index (χ1v) is 13.4. The van der Waals surface area contributed by atoms with Crippen LogP contribution in [-0.4, -0.2) is 16.7 Å². The smallest absolute Gasteiger partial charge is 0.180 e. The fourth-order valence-electron chi connectivity index (χ4n) is 9.26. The number of nitrogens with zero attached hydrogens (tertiary/aromatic N) is 1. The first-order valence-electron chi connectivity index (χ1n) is 13.4. The van der Waals surface area contributed by atoms with Crippen molar-refractivity contribution in [3.8, 4) is 0 Å². The number of rotatable bonds is 5. The van der Waals surface area contributed by atoms with Crippen LogP contribution in [0.1, 0.15) is 112 Å². The maximum atomic E-state index is 12.6. The number of Topliss-reactive ketones (excluding diaryl/α,β-unsaturated/α-hetero) is 1.